The van der Waals surface area contributed by atoms with E-state index in [0.717, 1.165) is 0 Å². The molecule has 1 aromatic carbocycles. The molecule has 0 saturated carbocycles. The van der Waals surface area contributed by atoms with Gasteiger partial charge in [0.1, 0.15) is 11.4 Å². The van der Waals surface area contributed by atoms with Gasteiger partial charge in [0.05, 0.1) is 22.4 Å². The minimum atomic E-state index is -1.19. The molecule has 0 fully saturated rings. The molecule has 4 rings (SSSR count). The number of hydrogen-bond acceptors (Lipinski definition) is 5. The number of nitrogens with one attached hydrogen (secondary N) is 2. The number of carbonyl (C=O) groups is 2. The molecule has 0 bridgehead atoms. The maximum Gasteiger partial charge on any atom is 0.272 e. The van der Waals surface area contributed by atoms with Crippen LogP contribution in [0.15, 0.2) is 23.0 Å². The molecule has 2 atom stereocenters. The summed E-state index contributed by atoms with van der Waals surface area (Å²) in [7, 11) is 0. The zero-order valence-corrected chi connectivity index (χ0v) is 16.0. The SMILES string of the molecule is CC12CNC(=O)c3c(O)c(=O)c(C(=O)NCc4cccc(Cl)c4F)c(n31)C(O)C2. The van der Waals surface area contributed by atoms with E-state index in [1.807, 2.05) is 0 Å². The minimum Gasteiger partial charge on any atom is -0.503 e. The van der Waals surface area contributed by atoms with Crippen molar-refractivity contribution in [1.82, 2.24) is 15.2 Å². The molecule has 29 heavy (non-hydrogen) atoms. The third-order valence-electron chi connectivity index (χ3n) is 5.42. The van der Waals surface area contributed by atoms with E-state index in [2.05, 4.69) is 10.6 Å². The first-order valence-electron chi connectivity index (χ1n) is 8.85. The molecule has 0 spiro atoms. The number of rotatable bonds is 3. The van der Waals surface area contributed by atoms with Gasteiger partial charge in [-0.3, -0.25) is 14.4 Å². The molecule has 0 aliphatic carbocycles. The topological polar surface area (TPSA) is 121 Å². The Balaban J connectivity index is 1.79. The first kappa shape index (κ1) is 19.4. The molecule has 0 radical (unpaired) electrons. The Morgan fingerprint density at radius 1 is 1.45 bits per heavy atom. The van der Waals surface area contributed by atoms with E-state index in [1.54, 1.807) is 6.92 Å². The number of aliphatic hydroxyl groups excluding tert-OH is 1. The summed E-state index contributed by atoms with van der Waals surface area (Å²) in [5.41, 5.74) is -2.57. The van der Waals surface area contributed by atoms with Crippen molar-refractivity contribution in [1.29, 1.82) is 0 Å². The molecular formula is C19H17ClFN3O5. The predicted molar refractivity (Wildman–Crippen MR) is 101 cm³/mol. The number of aliphatic hydroxyl groups is 1. The van der Waals surface area contributed by atoms with Crippen LogP contribution in [0.3, 0.4) is 0 Å². The van der Waals surface area contributed by atoms with Gasteiger partial charge >= 0.3 is 0 Å². The fraction of sp³-hybridized carbons (Fsp3) is 0.316. The molecule has 3 heterocycles. The molecule has 0 saturated heterocycles. The quantitative estimate of drug-likeness (QED) is 0.593. The number of nitrogens with zero attached hydrogens (tertiary/aromatic N) is 1. The van der Waals surface area contributed by atoms with Crippen molar-refractivity contribution < 1.29 is 24.2 Å². The average molecular weight is 422 g/mol. The Hall–Kier alpha value is -2.91. The summed E-state index contributed by atoms with van der Waals surface area (Å²) < 4.78 is 15.4. The summed E-state index contributed by atoms with van der Waals surface area (Å²) in [4.78, 5) is 37.7. The Bertz CT molecular complexity index is 1130. The van der Waals surface area contributed by atoms with Crippen LogP contribution in [0.1, 0.15) is 51.6 Å². The highest BCUT2D eigenvalue weighted by atomic mass is 35.5. The van der Waals surface area contributed by atoms with Crippen LogP contribution < -0.4 is 16.1 Å². The van der Waals surface area contributed by atoms with E-state index in [4.69, 9.17) is 11.6 Å². The van der Waals surface area contributed by atoms with Gasteiger partial charge in [-0.1, -0.05) is 23.7 Å². The van der Waals surface area contributed by atoms with Crippen molar-refractivity contribution in [3.8, 4) is 5.75 Å². The molecule has 8 nitrogen and oxygen atoms in total. The molecule has 2 aliphatic heterocycles. The summed E-state index contributed by atoms with van der Waals surface area (Å²) in [5, 5.41) is 25.8. The highest BCUT2D eigenvalue weighted by Crippen LogP contribution is 2.43. The first-order chi connectivity index (χ1) is 13.7. The zero-order chi connectivity index (χ0) is 21.1. The third-order valence-corrected chi connectivity index (χ3v) is 5.71. The number of halogens is 2. The van der Waals surface area contributed by atoms with Crippen molar-refractivity contribution in [2.75, 3.05) is 6.54 Å². The molecule has 2 amide bonds. The second-order valence-corrected chi connectivity index (χ2v) is 7.82. The highest BCUT2D eigenvalue weighted by Gasteiger charge is 2.48. The van der Waals surface area contributed by atoms with Crippen molar-refractivity contribution in [2.24, 2.45) is 0 Å². The summed E-state index contributed by atoms with van der Waals surface area (Å²) >= 11 is 5.73. The Labute approximate surface area is 168 Å². The van der Waals surface area contributed by atoms with Crippen LogP contribution in [0.4, 0.5) is 4.39 Å². The summed E-state index contributed by atoms with van der Waals surface area (Å²) in [6.45, 7) is 1.64. The Morgan fingerprint density at radius 2 is 2.17 bits per heavy atom. The maximum absolute atomic E-state index is 14.1. The minimum absolute atomic E-state index is 0.0378. The molecular weight excluding hydrogens is 405 g/mol. The first-order valence-corrected chi connectivity index (χ1v) is 9.23. The molecule has 10 heteroatoms. The van der Waals surface area contributed by atoms with Gasteiger partial charge in [-0.15, -0.1) is 0 Å². The van der Waals surface area contributed by atoms with Crippen LogP contribution in [0.25, 0.3) is 0 Å². The third kappa shape index (κ3) is 2.80. The molecule has 2 aliphatic rings. The number of benzene rings is 1. The Kier molecular flexibility index (Phi) is 4.39. The largest absolute Gasteiger partial charge is 0.503 e. The Morgan fingerprint density at radius 3 is 2.90 bits per heavy atom. The van der Waals surface area contributed by atoms with Gasteiger partial charge in [-0.25, -0.2) is 4.39 Å². The molecule has 152 valence electrons. The molecule has 2 unspecified atom stereocenters. The van der Waals surface area contributed by atoms with Crippen LogP contribution in [-0.2, 0) is 12.1 Å². The molecule has 4 N–H and O–H groups in total. The lowest BCUT2D eigenvalue weighted by Crippen LogP contribution is -2.50. The maximum atomic E-state index is 14.1. The van der Waals surface area contributed by atoms with E-state index in [-0.39, 0.29) is 41.5 Å². The monoisotopic (exact) mass is 421 g/mol. The summed E-state index contributed by atoms with van der Waals surface area (Å²) in [6, 6.07) is 4.30. The summed E-state index contributed by atoms with van der Waals surface area (Å²) in [5.74, 6) is -3.14. The fourth-order valence-electron chi connectivity index (χ4n) is 4.04. The molecule has 2 aromatic rings. The number of carbonyl (C=O) groups excluding carboxylic acids is 2. The zero-order valence-electron chi connectivity index (χ0n) is 15.3. The van der Waals surface area contributed by atoms with Gasteiger partial charge in [0, 0.05) is 25.1 Å². The highest BCUT2D eigenvalue weighted by molar-refractivity contribution is 6.30. The predicted octanol–water partition coefficient (Wildman–Crippen LogP) is 1.17. The van der Waals surface area contributed by atoms with E-state index in [0.29, 0.717) is 0 Å². The van der Waals surface area contributed by atoms with Gasteiger partial charge in [-0.05, 0) is 13.0 Å². The van der Waals surface area contributed by atoms with Crippen LogP contribution in [0.2, 0.25) is 5.02 Å². The number of pyridine rings is 1. The van der Waals surface area contributed by atoms with Crippen LogP contribution in [-0.4, -0.2) is 33.1 Å². The van der Waals surface area contributed by atoms with Crippen molar-refractivity contribution >= 4 is 23.4 Å². The van der Waals surface area contributed by atoms with E-state index >= 15 is 0 Å². The lowest BCUT2D eigenvalue weighted by Gasteiger charge is -2.35. The summed E-state index contributed by atoms with van der Waals surface area (Å²) in [6.07, 6.45) is -1.05. The lowest BCUT2D eigenvalue weighted by molar-refractivity contribution is 0.0861. The normalized spacial score (nSPS) is 22.2. The van der Waals surface area contributed by atoms with Crippen molar-refractivity contribution in [2.45, 2.75) is 31.5 Å². The van der Waals surface area contributed by atoms with Gasteiger partial charge < -0.3 is 25.4 Å². The van der Waals surface area contributed by atoms with Gasteiger partial charge in [0.2, 0.25) is 5.43 Å². The van der Waals surface area contributed by atoms with Crippen LogP contribution in [0.5, 0.6) is 5.75 Å². The number of hydrogen-bond donors (Lipinski definition) is 4. The van der Waals surface area contributed by atoms with Gasteiger partial charge in [-0.2, -0.15) is 0 Å². The van der Waals surface area contributed by atoms with Gasteiger partial charge in [0.25, 0.3) is 11.8 Å². The van der Waals surface area contributed by atoms with Crippen LogP contribution >= 0.6 is 11.6 Å². The van der Waals surface area contributed by atoms with Crippen molar-refractivity contribution in [3.63, 3.8) is 0 Å². The van der Waals surface area contributed by atoms with E-state index in [1.165, 1.54) is 22.8 Å². The molecule has 1 aromatic heterocycles. The fourth-order valence-corrected chi connectivity index (χ4v) is 4.24. The van der Waals surface area contributed by atoms with Gasteiger partial charge in [0.15, 0.2) is 11.4 Å². The second-order valence-electron chi connectivity index (χ2n) is 7.42. The standard InChI is InChI=1S/C19H17ClFN3O5/c1-19-5-10(25)13-11(15(26)16(27)14(24(13)19)18(29)23-7-19)17(28)22-6-8-3-2-4-9(20)12(8)21/h2-4,10,25,27H,5-7H2,1H3,(H,22,28)(H,23,29). The van der Waals surface area contributed by atoms with Crippen molar-refractivity contribution in [3.05, 3.63) is 61.8 Å². The smallest absolute Gasteiger partial charge is 0.272 e. The van der Waals surface area contributed by atoms with E-state index in [9.17, 15) is 29.0 Å². The lowest BCUT2D eigenvalue weighted by atomic mass is 9.96. The van der Waals surface area contributed by atoms with E-state index < -0.39 is 46.0 Å². The number of aromatic hydroxyl groups is 1. The second kappa shape index (κ2) is 6.57. The average Bonchev–Trinajstić information content (AvgIpc) is 2.93. The number of aromatic nitrogens is 1. The number of amides is 2. The van der Waals surface area contributed by atoms with Crippen LogP contribution in [0, 0.1) is 5.82 Å².